The summed E-state index contributed by atoms with van der Waals surface area (Å²) in [7, 11) is 0. The number of halogens is 2. The van der Waals surface area contributed by atoms with Crippen molar-refractivity contribution < 1.29 is 9.59 Å². The van der Waals surface area contributed by atoms with Crippen LogP contribution in [-0.2, 0) is 4.79 Å². The van der Waals surface area contributed by atoms with Crippen molar-refractivity contribution in [3.05, 3.63) is 110 Å². The van der Waals surface area contributed by atoms with E-state index in [0.717, 1.165) is 57.0 Å². The van der Waals surface area contributed by atoms with Crippen LogP contribution in [0, 0.1) is 5.41 Å². The molecule has 3 nitrogen and oxygen atoms in total. The normalized spacial score (nSPS) is 31.6. The fraction of sp³-hybridized carbons (Fsp3) is 0.273. The summed E-state index contributed by atoms with van der Waals surface area (Å²) in [6, 6.07) is 21.7. The van der Waals surface area contributed by atoms with Crippen LogP contribution in [0.2, 0.25) is 10.0 Å². The minimum absolute atomic E-state index is 0.0817. The number of Topliss-reactive ketones (excluding diaryl/α,β-unsaturated/α-hetero) is 2. The van der Waals surface area contributed by atoms with Gasteiger partial charge >= 0.3 is 0 Å². The Balaban J connectivity index is 1.39. The molecule has 0 N–H and O–H groups in total. The van der Waals surface area contributed by atoms with Crippen LogP contribution >= 0.6 is 35.0 Å². The number of rotatable bonds is 2. The smallest absolute Gasteiger partial charge is 0.189 e. The standard InChI is InChI=1S/C33H25Cl2NO2S/c34-23-10-6-19(7-11-23)15-22-4-2-14-32(30(22)37)29(20-8-12-24(35)13-9-20)27-17-39-18-36(27)33(32)26-16-21-3-1-5-25(28(21)26)31(33)38/h1,3,5-13,15-16,27,29H,2,4,14,17-18H2/b22-15+/t27-,29-,32-,33-/m0/s1. The van der Waals surface area contributed by atoms with E-state index in [4.69, 9.17) is 23.2 Å². The predicted octanol–water partition coefficient (Wildman–Crippen LogP) is 7.78. The van der Waals surface area contributed by atoms with E-state index in [1.54, 1.807) is 0 Å². The lowest BCUT2D eigenvalue weighted by molar-refractivity contribution is -0.130. The Hall–Kier alpha value is -2.63. The molecule has 2 heterocycles. The van der Waals surface area contributed by atoms with Crippen molar-refractivity contribution in [3.63, 3.8) is 0 Å². The van der Waals surface area contributed by atoms with Crippen LogP contribution in [0.4, 0.5) is 0 Å². The number of carbonyl (C=O) groups excluding carboxylic acids is 2. The Kier molecular flexibility index (Phi) is 5.23. The summed E-state index contributed by atoms with van der Waals surface area (Å²) in [5.74, 6) is 1.75. The highest BCUT2D eigenvalue weighted by Gasteiger charge is 2.79. The monoisotopic (exact) mass is 569 g/mol. The van der Waals surface area contributed by atoms with Crippen LogP contribution in [0.3, 0.4) is 0 Å². The number of fused-ring (bicyclic) bond motifs is 4. The zero-order valence-corrected chi connectivity index (χ0v) is 23.5. The van der Waals surface area contributed by atoms with E-state index in [-0.39, 0.29) is 23.5 Å². The molecule has 1 saturated carbocycles. The number of nitrogens with zero attached hydrogens (tertiary/aromatic N) is 1. The highest BCUT2D eigenvalue weighted by atomic mass is 35.5. The summed E-state index contributed by atoms with van der Waals surface area (Å²) in [5, 5.41) is 1.34. The maximum Gasteiger partial charge on any atom is 0.189 e. The molecule has 0 bridgehead atoms. The summed E-state index contributed by atoms with van der Waals surface area (Å²) < 4.78 is 0. The summed E-state index contributed by atoms with van der Waals surface area (Å²) in [6.07, 6.45) is 6.45. The SMILES string of the molecule is O=C1c2cccc3c2C(=C3)[C@]12N1CSC[C@H]1[C@H](c1ccc(Cl)cc1)[C@]21CCC/C(=C\c2ccc(Cl)cc2)C1=O. The summed E-state index contributed by atoms with van der Waals surface area (Å²) in [4.78, 5) is 32.5. The van der Waals surface area contributed by atoms with E-state index in [1.807, 2.05) is 66.4 Å². The third-order valence-corrected chi connectivity index (χ3v) is 11.2. The Morgan fingerprint density at radius 1 is 0.923 bits per heavy atom. The predicted molar refractivity (Wildman–Crippen MR) is 159 cm³/mol. The lowest BCUT2D eigenvalue weighted by atomic mass is 9.51. The van der Waals surface area contributed by atoms with E-state index in [1.165, 1.54) is 0 Å². The third kappa shape index (κ3) is 2.96. The van der Waals surface area contributed by atoms with Gasteiger partial charge in [0.1, 0.15) is 5.54 Å². The van der Waals surface area contributed by atoms with Crippen LogP contribution in [0.5, 0.6) is 0 Å². The molecule has 2 aliphatic heterocycles. The number of ketones is 2. The molecule has 4 atom stereocenters. The first-order chi connectivity index (χ1) is 19.0. The maximum absolute atomic E-state index is 15.2. The van der Waals surface area contributed by atoms with Gasteiger partial charge in [0.2, 0.25) is 0 Å². The van der Waals surface area contributed by atoms with Crippen molar-refractivity contribution in [2.24, 2.45) is 5.41 Å². The summed E-state index contributed by atoms with van der Waals surface area (Å²) >= 11 is 14.3. The Labute approximate surface area is 241 Å². The lowest BCUT2D eigenvalue weighted by Gasteiger charge is -2.51. The van der Waals surface area contributed by atoms with Crippen molar-refractivity contribution in [2.75, 3.05) is 11.6 Å². The van der Waals surface area contributed by atoms with Gasteiger partial charge in [0.15, 0.2) is 11.6 Å². The van der Waals surface area contributed by atoms with Gasteiger partial charge in [-0.25, -0.2) is 0 Å². The van der Waals surface area contributed by atoms with Gasteiger partial charge in [0.25, 0.3) is 0 Å². The molecule has 3 aromatic rings. The van der Waals surface area contributed by atoms with E-state index < -0.39 is 11.0 Å². The molecule has 2 spiro atoms. The zero-order chi connectivity index (χ0) is 26.5. The molecule has 39 heavy (non-hydrogen) atoms. The van der Waals surface area contributed by atoms with Gasteiger partial charge in [0, 0.05) is 39.2 Å². The highest BCUT2D eigenvalue weighted by Crippen LogP contribution is 2.72. The van der Waals surface area contributed by atoms with E-state index in [2.05, 4.69) is 29.2 Å². The molecule has 0 radical (unpaired) electrons. The molecule has 5 aliphatic rings. The molecule has 194 valence electrons. The fourth-order valence-electron chi connectivity index (χ4n) is 8.34. The minimum atomic E-state index is -0.987. The number of hydrogen-bond acceptors (Lipinski definition) is 4. The summed E-state index contributed by atoms with van der Waals surface area (Å²) in [6.45, 7) is 0. The first-order valence-electron chi connectivity index (χ1n) is 13.5. The Bertz CT molecular complexity index is 1640. The first kappa shape index (κ1) is 24.2. The molecular weight excluding hydrogens is 545 g/mol. The van der Waals surface area contributed by atoms with Gasteiger partial charge in [-0.3, -0.25) is 14.5 Å². The maximum atomic E-state index is 15.2. The second-order valence-electron chi connectivity index (χ2n) is 11.3. The van der Waals surface area contributed by atoms with Crippen LogP contribution in [0.15, 0.2) is 72.3 Å². The zero-order valence-electron chi connectivity index (χ0n) is 21.1. The van der Waals surface area contributed by atoms with E-state index in [0.29, 0.717) is 22.9 Å². The highest BCUT2D eigenvalue weighted by molar-refractivity contribution is 7.99. The fourth-order valence-corrected chi connectivity index (χ4v) is 9.89. The quantitative estimate of drug-likeness (QED) is 0.295. The molecule has 0 unspecified atom stereocenters. The van der Waals surface area contributed by atoms with Gasteiger partial charge < -0.3 is 0 Å². The van der Waals surface area contributed by atoms with Crippen LogP contribution < -0.4 is 0 Å². The second-order valence-corrected chi connectivity index (χ2v) is 13.2. The number of thioether (sulfide) groups is 1. The number of allylic oxidation sites excluding steroid dienone is 1. The van der Waals surface area contributed by atoms with Crippen LogP contribution in [0.25, 0.3) is 17.7 Å². The molecule has 3 aliphatic carbocycles. The lowest BCUT2D eigenvalue weighted by Crippen LogP contribution is -2.62. The molecule has 0 aromatic heterocycles. The van der Waals surface area contributed by atoms with Crippen LogP contribution in [-0.4, -0.2) is 39.7 Å². The third-order valence-electron chi connectivity index (χ3n) is 9.69. The van der Waals surface area contributed by atoms with E-state index in [9.17, 15) is 4.79 Å². The van der Waals surface area contributed by atoms with Gasteiger partial charge in [-0.1, -0.05) is 65.7 Å². The topological polar surface area (TPSA) is 37.4 Å². The molecule has 6 heteroatoms. The van der Waals surface area contributed by atoms with Crippen molar-refractivity contribution >= 4 is 64.3 Å². The number of hydrogen-bond donors (Lipinski definition) is 0. The van der Waals surface area contributed by atoms with Gasteiger partial charge in [-0.05, 0) is 89.1 Å². The molecule has 3 aromatic carbocycles. The minimum Gasteiger partial charge on any atom is -0.294 e. The Morgan fingerprint density at radius 2 is 1.67 bits per heavy atom. The van der Waals surface area contributed by atoms with Crippen molar-refractivity contribution in [2.45, 2.75) is 36.8 Å². The van der Waals surface area contributed by atoms with Gasteiger partial charge in [0.05, 0.1) is 5.41 Å². The Morgan fingerprint density at radius 3 is 2.41 bits per heavy atom. The van der Waals surface area contributed by atoms with Crippen molar-refractivity contribution in [3.8, 4) is 0 Å². The van der Waals surface area contributed by atoms with Crippen LogP contribution in [0.1, 0.15) is 57.8 Å². The van der Waals surface area contributed by atoms with Crippen molar-refractivity contribution in [1.82, 2.24) is 4.90 Å². The second kappa shape index (κ2) is 8.44. The number of carbonyl (C=O) groups is 2. The average Bonchev–Trinajstić information content (AvgIpc) is 3.55. The molecule has 3 fully saturated rings. The van der Waals surface area contributed by atoms with Crippen molar-refractivity contribution in [1.29, 1.82) is 0 Å². The molecule has 8 rings (SSSR count). The molecule has 2 saturated heterocycles. The summed E-state index contributed by atoms with van der Waals surface area (Å²) in [5.41, 5.74) is 4.98. The van der Waals surface area contributed by atoms with Gasteiger partial charge in [-0.15, -0.1) is 11.8 Å². The molecule has 0 amide bonds. The largest absolute Gasteiger partial charge is 0.294 e. The van der Waals surface area contributed by atoms with E-state index >= 15 is 4.79 Å². The first-order valence-corrected chi connectivity index (χ1v) is 15.4. The average molecular weight is 571 g/mol. The number of benzene rings is 3. The van der Waals surface area contributed by atoms with Gasteiger partial charge in [-0.2, -0.15) is 0 Å². The molecular formula is C33H25Cl2NO2S.